The number of anilines is 1. The second-order valence-corrected chi connectivity index (χ2v) is 12.9. The van der Waals surface area contributed by atoms with E-state index in [0.29, 0.717) is 42.0 Å². The Bertz CT molecular complexity index is 1550. The van der Waals surface area contributed by atoms with Gasteiger partial charge in [-0.25, -0.2) is 13.4 Å². The SMILES string of the molecule is CN(C)CCCN(C(=O)c1ccc(S(=O)(=O)N(C)Cc2ccccc2)cc1)c1nc2cc3c(cc2s1)OCCO3.Cl. The molecule has 0 saturated carbocycles. The van der Waals surface area contributed by atoms with Crippen LogP contribution in [0.1, 0.15) is 22.3 Å². The van der Waals surface area contributed by atoms with Gasteiger partial charge < -0.3 is 14.4 Å². The molecule has 4 aromatic rings. The Morgan fingerprint density at radius 2 is 1.59 bits per heavy atom. The maximum Gasteiger partial charge on any atom is 0.260 e. The first-order chi connectivity index (χ1) is 19.2. The number of aromatic nitrogens is 1. The standard InChI is InChI=1S/C29H32N4O5S2.ClH/c1-31(2)14-7-15-33(29-30-24-18-25-26(19-27(24)39-29)38-17-16-37-25)28(34)22-10-12-23(13-11-22)40(35,36)32(3)20-21-8-5-4-6-9-21;/h4-6,8-13,18-19H,7,14-17,20H2,1-3H3;1H. The van der Waals surface area contributed by atoms with Gasteiger partial charge in [-0.05, 0) is 56.9 Å². The van der Waals surface area contributed by atoms with Gasteiger partial charge in [0, 0.05) is 37.8 Å². The Hall–Kier alpha value is -3.22. The Morgan fingerprint density at radius 1 is 0.927 bits per heavy atom. The number of thiazole rings is 1. The van der Waals surface area contributed by atoms with Gasteiger partial charge >= 0.3 is 0 Å². The van der Waals surface area contributed by atoms with Gasteiger partial charge in [-0.2, -0.15) is 4.31 Å². The molecular formula is C29H33ClN4O5S2. The van der Waals surface area contributed by atoms with Crippen molar-refractivity contribution in [3.63, 3.8) is 0 Å². The van der Waals surface area contributed by atoms with Crippen molar-refractivity contribution in [2.75, 3.05) is 52.3 Å². The zero-order valence-corrected chi connectivity index (χ0v) is 25.6. The molecule has 12 heteroatoms. The normalized spacial score (nSPS) is 12.9. The molecule has 1 aromatic heterocycles. The summed E-state index contributed by atoms with van der Waals surface area (Å²) in [4.78, 5) is 22.4. The van der Waals surface area contributed by atoms with Crippen molar-refractivity contribution in [2.24, 2.45) is 0 Å². The van der Waals surface area contributed by atoms with Gasteiger partial charge in [-0.1, -0.05) is 41.7 Å². The van der Waals surface area contributed by atoms with Gasteiger partial charge in [0.05, 0.1) is 15.1 Å². The molecule has 0 atom stereocenters. The highest BCUT2D eigenvalue weighted by Gasteiger charge is 2.25. The lowest BCUT2D eigenvalue weighted by Crippen LogP contribution is -2.33. The molecule has 0 saturated heterocycles. The van der Waals surface area contributed by atoms with E-state index in [0.717, 1.165) is 28.7 Å². The van der Waals surface area contributed by atoms with Crippen molar-refractivity contribution >= 4 is 55.0 Å². The topological polar surface area (TPSA) is 92.3 Å². The van der Waals surface area contributed by atoms with E-state index in [9.17, 15) is 13.2 Å². The molecule has 0 unspecified atom stereocenters. The molecule has 218 valence electrons. The monoisotopic (exact) mass is 616 g/mol. The third kappa shape index (κ3) is 6.99. The molecule has 9 nitrogen and oxygen atoms in total. The lowest BCUT2D eigenvalue weighted by molar-refractivity contribution is 0.0986. The number of amides is 1. The summed E-state index contributed by atoms with van der Waals surface area (Å²) in [7, 11) is 1.80. The molecule has 1 aliphatic rings. The van der Waals surface area contributed by atoms with E-state index >= 15 is 0 Å². The van der Waals surface area contributed by atoms with Gasteiger partial charge in [0.2, 0.25) is 10.0 Å². The number of sulfonamides is 1. The first-order valence-corrected chi connectivity index (χ1v) is 15.2. The predicted octanol–water partition coefficient (Wildman–Crippen LogP) is 4.91. The van der Waals surface area contributed by atoms with Gasteiger partial charge in [-0.15, -0.1) is 12.4 Å². The zero-order valence-electron chi connectivity index (χ0n) is 23.1. The van der Waals surface area contributed by atoms with E-state index in [4.69, 9.17) is 14.5 Å². The number of halogens is 1. The number of carbonyl (C=O) groups is 1. The Morgan fingerprint density at radius 3 is 2.24 bits per heavy atom. The van der Waals surface area contributed by atoms with Crippen LogP contribution in [-0.2, 0) is 16.6 Å². The Labute approximate surface area is 250 Å². The number of carbonyl (C=O) groups excluding carboxylic acids is 1. The highest BCUT2D eigenvalue weighted by molar-refractivity contribution is 7.89. The highest BCUT2D eigenvalue weighted by Crippen LogP contribution is 2.39. The second kappa shape index (κ2) is 13.2. The molecular weight excluding hydrogens is 584 g/mol. The minimum atomic E-state index is -3.73. The summed E-state index contributed by atoms with van der Waals surface area (Å²) in [5.74, 6) is 1.08. The fourth-order valence-corrected chi connectivity index (χ4v) is 6.59. The molecule has 5 rings (SSSR count). The number of hydrogen-bond donors (Lipinski definition) is 0. The summed E-state index contributed by atoms with van der Waals surface area (Å²) < 4.78 is 40.0. The van der Waals surface area contributed by atoms with Crippen molar-refractivity contribution in [1.82, 2.24) is 14.2 Å². The van der Waals surface area contributed by atoms with E-state index < -0.39 is 10.0 Å². The van der Waals surface area contributed by atoms with E-state index in [-0.39, 0.29) is 29.8 Å². The van der Waals surface area contributed by atoms with Gasteiger partial charge in [-0.3, -0.25) is 9.69 Å². The van der Waals surface area contributed by atoms with Crippen LogP contribution in [0.5, 0.6) is 11.5 Å². The van der Waals surface area contributed by atoms with Crippen LogP contribution in [0.15, 0.2) is 71.6 Å². The van der Waals surface area contributed by atoms with Crippen LogP contribution in [0.2, 0.25) is 0 Å². The zero-order chi connectivity index (χ0) is 28.3. The number of benzene rings is 3. The van der Waals surface area contributed by atoms with Crippen LogP contribution in [0.25, 0.3) is 10.2 Å². The Kier molecular flexibility index (Phi) is 9.88. The first-order valence-electron chi connectivity index (χ1n) is 13.0. The molecule has 0 spiro atoms. The second-order valence-electron chi connectivity index (χ2n) is 9.84. The summed E-state index contributed by atoms with van der Waals surface area (Å²) in [6.45, 7) is 2.49. The molecule has 3 aromatic carbocycles. The minimum Gasteiger partial charge on any atom is -0.486 e. The van der Waals surface area contributed by atoms with Crippen LogP contribution in [0.3, 0.4) is 0 Å². The fourth-order valence-electron chi connectivity index (χ4n) is 4.43. The van der Waals surface area contributed by atoms with E-state index in [1.807, 2.05) is 56.6 Å². The fraction of sp³-hybridized carbons (Fsp3) is 0.310. The minimum absolute atomic E-state index is 0. The van der Waals surface area contributed by atoms with Gasteiger partial charge in [0.25, 0.3) is 5.91 Å². The lowest BCUT2D eigenvalue weighted by atomic mass is 10.2. The molecule has 0 radical (unpaired) electrons. The quantitative estimate of drug-likeness (QED) is 0.250. The van der Waals surface area contributed by atoms with Crippen molar-refractivity contribution in [1.29, 1.82) is 0 Å². The number of hydrogen-bond acceptors (Lipinski definition) is 8. The third-order valence-electron chi connectivity index (χ3n) is 6.56. The van der Waals surface area contributed by atoms with Crippen LogP contribution in [0.4, 0.5) is 5.13 Å². The van der Waals surface area contributed by atoms with Crippen molar-refractivity contribution in [3.05, 3.63) is 77.9 Å². The van der Waals surface area contributed by atoms with Crippen molar-refractivity contribution < 1.29 is 22.7 Å². The van der Waals surface area contributed by atoms with Crippen LogP contribution < -0.4 is 14.4 Å². The summed E-state index contributed by atoms with van der Waals surface area (Å²) in [5.41, 5.74) is 2.01. The van der Waals surface area contributed by atoms with E-state index in [1.165, 1.54) is 27.8 Å². The van der Waals surface area contributed by atoms with E-state index in [2.05, 4.69) is 4.90 Å². The number of fused-ring (bicyclic) bond motifs is 2. The van der Waals surface area contributed by atoms with Gasteiger partial charge in [0.15, 0.2) is 16.6 Å². The first kappa shape index (κ1) is 30.7. The molecule has 2 heterocycles. The third-order valence-corrected chi connectivity index (χ3v) is 9.42. The number of ether oxygens (including phenoxy) is 2. The summed E-state index contributed by atoms with van der Waals surface area (Å²) in [5, 5.41) is 0.570. The molecule has 41 heavy (non-hydrogen) atoms. The molecule has 1 aliphatic heterocycles. The summed E-state index contributed by atoms with van der Waals surface area (Å²) in [6.07, 6.45) is 0.744. The largest absolute Gasteiger partial charge is 0.486 e. The average Bonchev–Trinajstić information content (AvgIpc) is 3.36. The maximum atomic E-state index is 13.8. The maximum absolute atomic E-state index is 13.8. The molecule has 0 aliphatic carbocycles. The van der Waals surface area contributed by atoms with Crippen molar-refractivity contribution in [2.45, 2.75) is 17.9 Å². The molecule has 0 fully saturated rings. The number of nitrogens with zero attached hydrogens (tertiary/aromatic N) is 4. The molecule has 1 amide bonds. The lowest BCUT2D eigenvalue weighted by Gasteiger charge is -2.21. The molecule has 0 bridgehead atoms. The smallest absolute Gasteiger partial charge is 0.260 e. The van der Waals surface area contributed by atoms with Crippen LogP contribution in [0, 0.1) is 0 Å². The number of rotatable bonds is 10. The highest BCUT2D eigenvalue weighted by atomic mass is 35.5. The van der Waals surface area contributed by atoms with Crippen LogP contribution in [-0.4, -0.2) is 76.0 Å². The molecule has 0 N–H and O–H groups in total. The summed E-state index contributed by atoms with van der Waals surface area (Å²) in [6, 6.07) is 19.3. The predicted molar refractivity (Wildman–Crippen MR) is 164 cm³/mol. The van der Waals surface area contributed by atoms with Crippen LogP contribution >= 0.6 is 23.7 Å². The van der Waals surface area contributed by atoms with E-state index in [1.54, 1.807) is 24.1 Å². The average molecular weight is 617 g/mol. The summed E-state index contributed by atoms with van der Waals surface area (Å²) >= 11 is 1.41. The van der Waals surface area contributed by atoms with Crippen molar-refractivity contribution in [3.8, 4) is 11.5 Å². The Balaban J connectivity index is 0.00000387. The van der Waals surface area contributed by atoms with Gasteiger partial charge in [0.1, 0.15) is 13.2 Å².